The van der Waals surface area contributed by atoms with E-state index in [1.165, 1.54) is 18.2 Å². The zero-order valence-electron chi connectivity index (χ0n) is 13.4. The lowest BCUT2D eigenvalue weighted by atomic mass is 9.43. The molecule has 124 valence electrons. The first-order valence-electron chi connectivity index (χ1n) is 7.68. The molecule has 1 aromatic carbocycles. The van der Waals surface area contributed by atoms with Gasteiger partial charge in [-0.05, 0) is 35.8 Å². The van der Waals surface area contributed by atoms with Gasteiger partial charge in [0.25, 0.3) is 5.91 Å². The van der Waals surface area contributed by atoms with Crippen molar-refractivity contribution >= 4 is 27.7 Å². The van der Waals surface area contributed by atoms with E-state index in [1.807, 2.05) is 0 Å². The fraction of sp³-hybridized carbons (Fsp3) is 0.529. The number of nitrogens with one attached hydrogen (secondary N) is 2. The smallest absolute Gasteiger partial charge is 0.272 e. The molecular formula is C17H20BrFN2O2. The summed E-state index contributed by atoms with van der Waals surface area (Å²) in [5, 5.41) is 0. The Balaban J connectivity index is 1.72. The first kappa shape index (κ1) is 16.4. The molecule has 3 aliphatic rings. The van der Waals surface area contributed by atoms with Crippen molar-refractivity contribution in [1.82, 2.24) is 10.9 Å². The van der Waals surface area contributed by atoms with Crippen molar-refractivity contribution in [1.29, 1.82) is 0 Å². The largest absolute Gasteiger partial charge is 0.273 e. The molecule has 2 bridgehead atoms. The van der Waals surface area contributed by atoms with Gasteiger partial charge in [0.05, 0.1) is 11.0 Å². The van der Waals surface area contributed by atoms with Gasteiger partial charge in [0.1, 0.15) is 5.82 Å². The number of rotatable bonds is 2. The molecule has 3 atom stereocenters. The summed E-state index contributed by atoms with van der Waals surface area (Å²) in [4.78, 5) is 24.8. The summed E-state index contributed by atoms with van der Waals surface area (Å²) in [6.07, 6.45) is 1.73. The Hall–Kier alpha value is -1.43. The van der Waals surface area contributed by atoms with Gasteiger partial charge in [-0.2, -0.15) is 0 Å². The van der Waals surface area contributed by atoms with Crippen LogP contribution >= 0.6 is 15.9 Å². The number of benzene rings is 1. The van der Waals surface area contributed by atoms with Crippen LogP contribution in [-0.4, -0.2) is 16.6 Å². The zero-order chi connectivity index (χ0) is 17.0. The van der Waals surface area contributed by atoms with E-state index in [-0.39, 0.29) is 27.1 Å². The fourth-order valence-electron chi connectivity index (χ4n) is 4.39. The van der Waals surface area contributed by atoms with E-state index >= 15 is 0 Å². The van der Waals surface area contributed by atoms with Gasteiger partial charge < -0.3 is 0 Å². The first-order chi connectivity index (χ1) is 10.7. The maximum absolute atomic E-state index is 13.6. The number of amides is 2. The summed E-state index contributed by atoms with van der Waals surface area (Å²) in [5.74, 6) is -1.49. The number of carbonyl (C=O) groups is 2. The lowest BCUT2D eigenvalue weighted by molar-refractivity contribution is -0.162. The molecule has 0 aliphatic heterocycles. The quantitative estimate of drug-likeness (QED) is 0.609. The fourth-order valence-corrected chi connectivity index (χ4v) is 6.21. The normalized spacial score (nSPS) is 33.7. The lowest BCUT2D eigenvalue weighted by Crippen LogP contribution is -2.70. The average molecular weight is 383 g/mol. The summed E-state index contributed by atoms with van der Waals surface area (Å²) in [6, 6.07) is 5.67. The Morgan fingerprint density at radius 1 is 1.17 bits per heavy atom. The van der Waals surface area contributed by atoms with Crippen molar-refractivity contribution < 1.29 is 14.0 Å². The molecule has 4 rings (SSSR count). The highest BCUT2D eigenvalue weighted by Gasteiger charge is 2.80. The predicted octanol–water partition coefficient (Wildman–Crippen LogP) is 3.18. The minimum Gasteiger partial charge on any atom is -0.273 e. The standard InChI is InChI=1S/C17H20BrFN2O2/c1-15(2)16(3)8-9-17(15,13(16)18)14(23)21-20-12(22)10-6-4-5-7-11(10)19/h4-7,13H,8-9H2,1-3H3,(H,20,22)(H,21,23). The molecule has 0 aromatic heterocycles. The molecule has 2 N–H and O–H groups in total. The maximum Gasteiger partial charge on any atom is 0.272 e. The molecule has 4 nitrogen and oxygen atoms in total. The Morgan fingerprint density at radius 2 is 1.83 bits per heavy atom. The Morgan fingerprint density at radius 3 is 2.35 bits per heavy atom. The van der Waals surface area contributed by atoms with E-state index in [2.05, 4.69) is 47.6 Å². The van der Waals surface area contributed by atoms with Crippen LogP contribution in [0.4, 0.5) is 4.39 Å². The molecule has 3 fully saturated rings. The highest BCUT2D eigenvalue weighted by Crippen LogP contribution is 2.79. The number of fused-ring (bicyclic) bond motifs is 1. The summed E-state index contributed by atoms with van der Waals surface area (Å²) in [5.41, 5.74) is 4.09. The minimum atomic E-state index is -0.656. The molecule has 3 unspecified atom stereocenters. The number of carbonyl (C=O) groups excluding carboxylic acids is 2. The van der Waals surface area contributed by atoms with Gasteiger partial charge in [0.2, 0.25) is 5.91 Å². The molecular weight excluding hydrogens is 363 g/mol. The van der Waals surface area contributed by atoms with Crippen molar-refractivity contribution in [2.45, 2.75) is 38.4 Å². The second kappa shape index (κ2) is 5.03. The molecule has 2 amide bonds. The summed E-state index contributed by atoms with van der Waals surface area (Å²) >= 11 is 3.67. The molecule has 23 heavy (non-hydrogen) atoms. The highest BCUT2D eigenvalue weighted by molar-refractivity contribution is 9.09. The van der Waals surface area contributed by atoms with Crippen LogP contribution < -0.4 is 10.9 Å². The van der Waals surface area contributed by atoms with Crippen LogP contribution in [0.25, 0.3) is 0 Å². The van der Waals surface area contributed by atoms with Crippen LogP contribution in [-0.2, 0) is 4.79 Å². The molecule has 6 heteroatoms. The van der Waals surface area contributed by atoms with Crippen LogP contribution in [0.3, 0.4) is 0 Å². The molecule has 0 heterocycles. The summed E-state index contributed by atoms with van der Waals surface area (Å²) < 4.78 is 13.6. The van der Waals surface area contributed by atoms with Gasteiger partial charge in [-0.15, -0.1) is 0 Å². The van der Waals surface area contributed by atoms with Crippen LogP contribution in [0.15, 0.2) is 24.3 Å². The molecule has 1 aromatic rings. The van der Waals surface area contributed by atoms with Crippen molar-refractivity contribution in [2.75, 3.05) is 0 Å². The van der Waals surface area contributed by atoms with E-state index < -0.39 is 17.1 Å². The lowest BCUT2D eigenvalue weighted by Gasteiger charge is -2.64. The maximum atomic E-state index is 13.6. The SMILES string of the molecule is CC12CCC(C(=O)NNC(=O)c3ccccc3F)(C1Br)C2(C)C. The van der Waals surface area contributed by atoms with Gasteiger partial charge in [0.15, 0.2) is 0 Å². The van der Waals surface area contributed by atoms with Crippen molar-refractivity contribution in [3.8, 4) is 0 Å². The van der Waals surface area contributed by atoms with E-state index in [0.29, 0.717) is 0 Å². The summed E-state index contributed by atoms with van der Waals surface area (Å²) in [7, 11) is 0. The Bertz CT molecular complexity index is 693. The van der Waals surface area contributed by atoms with E-state index in [4.69, 9.17) is 0 Å². The third kappa shape index (κ3) is 1.87. The monoisotopic (exact) mass is 382 g/mol. The first-order valence-corrected chi connectivity index (χ1v) is 8.59. The zero-order valence-corrected chi connectivity index (χ0v) is 15.0. The highest BCUT2D eigenvalue weighted by atomic mass is 79.9. The molecule has 3 aliphatic carbocycles. The topological polar surface area (TPSA) is 58.2 Å². The summed E-state index contributed by atoms with van der Waals surface area (Å²) in [6.45, 7) is 6.37. The van der Waals surface area contributed by atoms with Crippen LogP contribution in [0, 0.1) is 22.1 Å². The number of alkyl halides is 1. The molecule has 0 saturated heterocycles. The van der Waals surface area contributed by atoms with Crippen molar-refractivity contribution in [3.63, 3.8) is 0 Å². The van der Waals surface area contributed by atoms with Crippen LogP contribution in [0.5, 0.6) is 0 Å². The second-order valence-corrected chi connectivity index (χ2v) is 8.18. The Labute approximate surface area is 143 Å². The molecule has 0 spiro atoms. The van der Waals surface area contributed by atoms with Crippen molar-refractivity contribution in [3.05, 3.63) is 35.6 Å². The molecule has 3 saturated carbocycles. The van der Waals surface area contributed by atoms with Gasteiger partial charge in [-0.3, -0.25) is 20.4 Å². The number of hydrazine groups is 1. The van der Waals surface area contributed by atoms with E-state index in [9.17, 15) is 14.0 Å². The van der Waals surface area contributed by atoms with Gasteiger partial charge in [0, 0.05) is 4.83 Å². The van der Waals surface area contributed by atoms with E-state index in [0.717, 1.165) is 12.8 Å². The number of hydrogen-bond acceptors (Lipinski definition) is 2. The number of hydrogen-bond donors (Lipinski definition) is 2. The van der Waals surface area contributed by atoms with Gasteiger partial charge in [-0.25, -0.2) is 4.39 Å². The molecule has 0 radical (unpaired) electrons. The second-order valence-electron chi connectivity index (χ2n) is 7.26. The Kier molecular flexibility index (Phi) is 3.59. The van der Waals surface area contributed by atoms with Gasteiger partial charge >= 0.3 is 0 Å². The van der Waals surface area contributed by atoms with E-state index in [1.54, 1.807) is 6.07 Å². The third-order valence-corrected chi connectivity index (χ3v) is 8.18. The van der Waals surface area contributed by atoms with Crippen molar-refractivity contribution in [2.24, 2.45) is 16.2 Å². The van der Waals surface area contributed by atoms with Crippen LogP contribution in [0.1, 0.15) is 44.0 Å². The van der Waals surface area contributed by atoms with Gasteiger partial charge in [-0.1, -0.05) is 48.8 Å². The van der Waals surface area contributed by atoms with Crippen LogP contribution in [0.2, 0.25) is 0 Å². The third-order valence-electron chi connectivity index (χ3n) is 6.39. The minimum absolute atomic E-state index is 0.0693. The number of halogens is 2. The average Bonchev–Trinajstić information content (AvgIpc) is 2.92. The predicted molar refractivity (Wildman–Crippen MR) is 88.3 cm³/mol.